The zero-order valence-corrected chi connectivity index (χ0v) is 11.5. The highest BCUT2D eigenvalue weighted by Crippen LogP contribution is 2.21. The highest BCUT2D eigenvalue weighted by molar-refractivity contribution is 14.1. The van der Waals surface area contributed by atoms with Crippen LogP contribution in [-0.2, 0) is 16.0 Å². The van der Waals surface area contributed by atoms with Crippen molar-refractivity contribution in [2.24, 2.45) is 0 Å². The SMILES string of the molecule is COC1(CNCc2ccc(I)o2)CCOC1. The van der Waals surface area contributed by atoms with Crippen LogP contribution < -0.4 is 5.32 Å². The van der Waals surface area contributed by atoms with Crippen molar-refractivity contribution in [1.29, 1.82) is 0 Å². The minimum Gasteiger partial charge on any atom is -0.454 e. The third-order valence-corrected chi connectivity index (χ3v) is 3.46. The highest BCUT2D eigenvalue weighted by atomic mass is 127. The number of ether oxygens (including phenoxy) is 2. The number of rotatable bonds is 5. The maximum Gasteiger partial charge on any atom is 0.164 e. The van der Waals surface area contributed by atoms with Gasteiger partial charge in [0.15, 0.2) is 3.77 Å². The van der Waals surface area contributed by atoms with E-state index in [0.717, 1.165) is 35.6 Å². The van der Waals surface area contributed by atoms with Gasteiger partial charge in [-0.1, -0.05) is 0 Å². The Morgan fingerprint density at radius 2 is 2.44 bits per heavy atom. The highest BCUT2D eigenvalue weighted by Gasteiger charge is 2.34. The first-order valence-electron chi connectivity index (χ1n) is 5.32. The van der Waals surface area contributed by atoms with Crippen LogP contribution in [0.1, 0.15) is 12.2 Å². The molecule has 2 heterocycles. The fourth-order valence-electron chi connectivity index (χ4n) is 1.82. The van der Waals surface area contributed by atoms with Crippen LogP contribution in [0, 0.1) is 3.77 Å². The lowest BCUT2D eigenvalue weighted by molar-refractivity contribution is -0.0161. The molecular formula is C11H16INO3. The Kier molecular flexibility index (Phi) is 4.23. The van der Waals surface area contributed by atoms with Gasteiger partial charge in [-0.2, -0.15) is 0 Å². The Hall–Kier alpha value is -0.110. The molecule has 1 fully saturated rings. The fraction of sp³-hybridized carbons (Fsp3) is 0.636. The van der Waals surface area contributed by atoms with E-state index in [1.54, 1.807) is 7.11 Å². The van der Waals surface area contributed by atoms with Crippen LogP contribution in [0.2, 0.25) is 0 Å². The van der Waals surface area contributed by atoms with Gasteiger partial charge in [-0.3, -0.25) is 0 Å². The van der Waals surface area contributed by atoms with Crippen molar-refractivity contribution < 1.29 is 13.9 Å². The molecule has 2 rings (SSSR count). The average molecular weight is 337 g/mol. The number of nitrogens with one attached hydrogen (secondary N) is 1. The molecule has 0 saturated carbocycles. The summed E-state index contributed by atoms with van der Waals surface area (Å²) in [5.74, 6) is 0.953. The number of hydrogen-bond acceptors (Lipinski definition) is 4. The van der Waals surface area contributed by atoms with E-state index < -0.39 is 0 Å². The molecule has 1 unspecified atom stereocenters. The van der Waals surface area contributed by atoms with E-state index in [4.69, 9.17) is 13.9 Å². The molecule has 4 nitrogen and oxygen atoms in total. The molecule has 1 saturated heterocycles. The van der Waals surface area contributed by atoms with Crippen LogP contribution in [0.3, 0.4) is 0 Å². The largest absolute Gasteiger partial charge is 0.454 e. The summed E-state index contributed by atoms with van der Waals surface area (Å²) in [6, 6.07) is 3.95. The van der Waals surface area contributed by atoms with Crippen LogP contribution in [0.5, 0.6) is 0 Å². The molecular weight excluding hydrogens is 321 g/mol. The normalized spacial score (nSPS) is 25.1. The summed E-state index contributed by atoms with van der Waals surface area (Å²) in [6.07, 6.45) is 0.951. The van der Waals surface area contributed by atoms with Gasteiger partial charge in [0, 0.05) is 26.7 Å². The zero-order valence-electron chi connectivity index (χ0n) is 9.29. The lowest BCUT2D eigenvalue weighted by Crippen LogP contribution is -2.42. The molecule has 0 spiro atoms. The molecule has 16 heavy (non-hydrogen) atoms. The van der Waals surface area contributed by atoms with Crippen LogP contribution in [-0.4, -0.2) is 32.5 Å². The number of halogens is 1. The Bertz CT molecular complexity index is 334. The average Bonchev–Trinajstić information content (AvgIpc) is 2.89. The van der Waals surface area contributed by atoms with Crippen molar-refractivity contribution >= 4 is 22.6 Å². The lowest BCUT2D eigenvalue weighted by Gasteiger charge is -2.25. The summed E-state index contributed by atoms with van der Waals surface area (Å²) < 4.78 is 17.3. The molecule has 1 aliphatic rings. The van der Waals surface area contributed by atoms with Gasteiger partial charge in [-0.15, -0.1) is 0 Å². The zero-order chi connectivity index (χ0) is 11.4. The molecule has 0 aromatic carbocycles. The second kappa shape index (κ2) is 5.48. The van der Waals surface area contributed by atoms with E-state index in [2.05, 4.69) is 27.9 Å². The van der Waals surface area contributed by atoms with E-state index in [0.29, 0.717) is 6.61 Å². The number of furan rings is 1. The van der Waals surface area contributed by atoms with Crippen molar-refractivity contribution in [1.82, 2.24) is 5.32 Å². The Morgan fingerprint density at radius 3 is 3.00 bits per heavy atom. The second-order valence-corrected chi connectivity index (χ2v) is 5.06. The van der Waals surface area contributed by atoms with E-state index in [1.807, 2.05) is 12.1 Å². The first kappa shape index (κ1) is 12.3. The van der Waals surface area contributed by atoms with Crippen molar-refractivity contribution in [3.05, 3.63) is 21.7 Å². The molecule has 1 aromatic rings. The number of hydrogen-bond donors (Lipinski definition) is 1. The van der Waals surface area contributed by atoms with E-state index in [-0.39, 0.29) is 5.60 Å². The quantitative estimate of drug-likeness (QED) is 0.832. The first-order chi connectivity index (χ1) is 7.74. The monoisotopic (exact) mass is 337 g/mol. The summed E-state index contributed by atoms with van der Waals surface area (Å²) in [5.41, 5.74) is -0.153. The van der Waals surface area contributed by atoms with Gasteiger partial charge in [-0.25, -0.2) is 0 Å². The molecule has 0 radical (unpaired) electrons. The van der Waals surface area contributed by atoms with Gasteiger partial charge >= 0.3 is 0 Å². The minimum atomic E-state index is -0.153. The van der Waals surface area contributed by atoms with Crippen LogP contribution in [0.15, 0.2) is 16.5 Å². The fourth-order valence-corrected chi connectivity index (χ4v) is 2.28. The molecule has 90 valence electrons. The van der Waals surface area contributed by atoms with Crippen LogP contribution >= 0.6 is 22.6 Å². The van der Waals surface area contributed by atoms with Gasteiger partial charge in [0.25, 0.3) is 0 Å². The minimum absolute atomic E-state index is 0.153. The standard InChI is InChI=1S/C11H16INO3/c1-14-11(4-5-15-8-11)7-13-6-9-2-3-10(12)16-9/h2-3,13H,4-8H2,1H3. The van der Waals surface area contributed by atoms with Gasteiger partial charge in [0.2, 0.25) is 0 Å². The van der Waals surface area contributed by atoms with Crippen molar-refractivity contribution in [2.75, 3.05) is 26.9 Å². The summed E-state index contributed by atoms with van der Waals surface area (Å²) in [6.45, 7) is 2.98. The van der Waals surface area contributed by atoms with Gasteiger partial charge in [-0.05, 0) is 34.7 Å². The lowest BCUT2D eigenvalue weighted by atomic mass is 10.0. The molecule has 1 aromatic heterocycles. The van der Waals surface area contributed by atoms with Crippen molar-refractivity contribution in [3.8, 4) is 0 Å². The number of methoxy groups -OCH3 is 1. The van der Waals surface area contributed by atoms with Gasteiger partial charge in [0.05, 0.1) is 13.2 Å². The van der Waals surface area contributed by atoms with E-state index in [9.17, 15) is 0 Å². The second-order valence-electron chi connectivity index (χ2n) is 4.00. The Balaban J connectivity index is 1.78. The molecule has 1 N–H and O–H groups in total. The maximum absolute atomic E-state index is 5.52. The van der Waals surface area contributed by atoms with Gasteiger partial charge < -0.3 is 19.2 Å². The molecule has 1 atom stereocenters. The summed E-state index contributed by atoms with van der Waals surface area (Å²) >= 11 is 2.16. The van der Waals surface area contributed by atoms with Crippen LogP contribution in [0.4, 0.5) is 0 Å². The maximum atomic E-state index is 5.52. The van der Waals surface area contributed by atoms with Crippen molar-refractivity contribution in [3.63, 3.8) is 0 Å². The molecule has 0 aliphatic carbocycles. The van der Waals surface area contributed by atoms with E-state index >= 15 is 0 Å². The molecule has 0 bridgehead atoms. The molecule has 1 aliphatic heterocycles. The first-order valence-corrected chi connectivity index (χ1v) is 6.40. The summed E-state index contributed by atoms with van der Waals surface area (Å²) in [4.78, 5) is 0. The Labute approximate surface area is 109 Å². The van der Waals surface area contributed by atoms with Gasteiger partial charge in [0.1, 0.15) is 11.4 Å². The smallest absolute Gasteiger partial charge is 0.164 e. The molecule has 5 heteroatoms. The molecule has 0 amide bonds. The van der Waals surface area contributed by atoms with Crippen LogP contribution in [0.25, 0.3) is 0 Å². The third kappa shape index (κ3) is 2.97. The summed E-state index contributed by atoms with van der Waals surface area (Å²) in [5, 5.41) is 3.35. The predicted octanol–water partition coefficient (Wildman–Crippen LogP) is 1.78. The van der Waals surface area contributed by atoms with Crippen molar-refractivity contribution in [2.45, 2.75) is 18.6 Å². The topological polar surface area (TPSA) is 43.6 Å². The summed E-state index contributed by atoms with van der Waals surface area (Å²) in [7, 11) is 1.74. The van der Waals surface area contributed by atoms with E-state index in [1.165, 1.54) is 0 Å². The third-order valence-electron chi connectivity index (χ3n) is 2.88. The Morgan fingerprint density at radius 1 is 1.56 bits per heavy atom. The predicted molar refractivity (Wildman–Crippen MR) is 68.3 cm³/mol.